The van der Waals surface area contributed by atoms with E-state index in [1.54, 1.807) is 6.07 Å². The average molecular weight is 431 g/mol. The van der Waals surface area contributed by atoms with Crippen LogP contribution in [0.5, 0.6) is 0 Å². The highest BCUT2D eigenvalue weighted by molar-refractivity contribution is 7.99. The number of nitrogens with zero attached hydrogens (tertiary/aromatic N) is 2. The Morgan fingerprint density at radius 3 is 2.06 bits per heavy atom. The van der Waals surface area contributed by atoms with Crippen molar-refractivity contribution in [3.63, 3.8) is 0 Å². The Hall–Kier alpha value is -2.56. The Morgan fingerprint density at radius 2 is 1.42 bits per heavy atom. The van der Waals surface area contributed by atoms with Gasteiger partial charge in [-0.25, -0.2) is 0 Å². The Kier molecular flexibility index (Phi) is 8.74. The summed E-state index contributed by atoms with van der Waals surface area (Å²) < 4.78 is 0. The molecule has 0 atom stereocenters. The van der Waals surface area contributed by atoms with Crippen LogP contribution in [0.25, 0.3) is 16.3 Å². The van der Waals surface area contributed by atoms with Gasteiger partial charge in [-0.05, 0) is 23.6 Å². The Balaban J connectivity index is 1.58. The zero-order valence-corrected chi connectivity index (χ0v) is 19.2. The summed E-state index contributed by atoms with van der Waals surface area (Å²) in [5, 5.41) is 20.8. The molecule has 0 N–H and O–H groups in total. The number of Topliss-reactive ketones (excluding diaryl/α,β-unsaturated/α-hetero) is 1. The highest BCUT2D eigenvalue weighted by Gasteiger charge is 2.28. The molecule has 1 aliphatic rings. The van der Waals surface area contributed by atoms with Crippen LogP contribution in [-0.2, 0) is 0 Å². The third-order valence-electron chi connectivity index (χ3n) is 5.97. The van der Waals surface area contributed by atoms with Crippen molar-refractivity contribution in [3.8, 4) is 12.1 Å². The van der Waals surface area contributed by atoms with Gasteiger partial charge in [0.2, 0.25) is 5.78 Å². The van der Waals surface area contributed by atoms with Gasteiger partial charge >= 0.3 is 0 Å². The summed E-state index contributed by atoms with van der Waals surface area (Å²) in [7, 11) is 0. The number of ketones is 1. The molecular formula is C27H30N2OS. The third-order valence-corrected chi connectivity index (χ3v) is 7.13. The summed E-state index contributed by atoms with van der Waals surface area (Å²) in [5.41, 5.74) is 1.38. The molecule has 31 heavy (non-hydrogen) atoms. The van der Waals surface area contributed by atoms with E-state index < -0.39 is 0 Å². The number of allylic oxidation sites excluding steroid dienone is 2. The number of carbonyl (C=O) groups excluding carboxylic acids is 1. The maximum atomic E-state index is 12.7. The largest absolute Gasteiger partial charge is 0.288 e. The minimum atomic E-state index is -0.339. The zero-order valence-electron chi connectivity index (χ0n) is 18.4. The van der Waals surface area contributed by atoms with E-state index in [0.29, 0.717) is 11.1 Å². The maximum Gasteiger partial charge on any atom is 0.205 e. The van der Waals surface area contributed by atoms with Gasteiger partial charge in [0.05, 0.1) is 5.57 Å². The number of unbranched alkanes of at least 4 members (excludes halogenated alkanes) is 9. The summed E-state index contributed by atoms with van der Waals surface area (Å²) in [5.74, 6) is 0.710. The normalized spacial score (nSPS) is 12.8. The van der Waals surface area contributed by atoms with Gasteiger partial charge in [-0.3, -0.25) is 4.79 Å². The summed E-state index contributed by atoms with van der Waals surface area (Å²) in [6.07, 6.45) is 13.3. The smallest absolute Gasteiger partial charge is 0.205 e. The second kappa shape index (κ2) is 11.7. The Labute approximate surface area is 190 Å². The van der Waals surface area contributed by atoms with Crippen LogP contribution in [0.2, 0.25) is 0 Å². The van der Waals surface area contributed by atoms with Gasteiger partial charge in [-0.1, -0.05) is 89.0 Å². The number of carbonyl (C=O) groups is 1. The van der Waals surface area contributed by atoms with Crippen molar-refractivity contribution >= 4 is 33.9 Å². The fraction of sp³-hybridized carbons (Fsp3) is 0.444. The second-order valence-electron chi connectivity index (χ2n) is 8.17. The van der Waals surface area contributed by atoms with Gasteiger partial charge in [0.1, 0.15) is 17.7 Å². The van der Waals surface area contributed by atoms with Crippen molar-refractivity contribution in [2.75, 3.05) is 5.75 Å². The average Bonchev–Trinajstić information content (AvgIpc) is 2.80. The molecule has 0 fully saturated rings. The van der Waals surface area contributed by atoms with Crippen LogP contribution in [0.4, 0.5) is 0 Å². The van der Waals surface area contributed by atoms with Crippen molar-refractivity contribution in [1.29, 1.82) is 10.5 Å². The van der Waals surface area contributed by atoms with Gasteiger partial charge in [-0.15, -0.1) is 11.8 Å². The minimum Gasteiger partial charge on any atom is -0.288 e. The molecule has 0 heterocycles. The van der Waals surface area contributed by atoms with E-state index in [4.69, 9.17) is 0 Å². The lowest BCUT2D eigenvalue weighted by molar-refractivity contribution is 0.104. The molecule has 0 spiro atoms. The SMILES string of the molecule is CCCCCCCCCCCCSc1ccc2c3c(cccc13)C(=O)C(C#N)=C2C#N. The molecule has 0 amide bonds. The minimum absolute atomic E-state index is 0.0479. The number of hydrogen-bond donors (Lipinski definition) is 0. The molecule has 0 aliphatic heterocycles. The van der Waals surface area contributed by atoms with Crippen LogP contribution in [0.15, 0.2) is 40.8 Å². The van der Waals surface area contributed by atoms with E-state index in [1.165, 1.54) is 64.2 Å². The predicted molar refractivity (Wildman–Crippen MR) is 129 cm³/mol. The standard InChI is InChI=1S/C27H30N2OS/c1-2-3-4-5-6-7-8-9-10-11-17-31-25-16-15-20-23(18-28)24(19-29)27(30)22-14-12-13-21(25)26(20)22/h12-16H,2-11,17H2,1H3. The van der Waals surface area contributed by atoms with E-state index in [9.17, 15) is 15.3 Å². The summed E-state index contributed by atoms with van der Waals surface area (Å²) in [6.45, 7) is 2.26. The molecule has 0 unspecified atom stereocenters. The molecule has 0 bridgehead atoms. The van der Waals surface area contributed by atoms with Crippen molar-refractivity contribution in [2.24, 2.45) is 0 Å². The second-order valence-corrected chi connectivity index (χ2v) is 9.31. The van der Waals surface area contributed by atoms with Gasteiger partial charge in [0, 0.05) is 21.4 Å². The Morgan fingerprint density at radius 1 is 0.774 bits per heavy atom. The molecule has 0 saturated carbocycles. The first-order valence-electron chi connectivity index (χ1n) is 11.5. The van der Waals surface area contributed by atoms with Crippen LogP contribution in [0, 0.1) is 22.7 Å². The molecule has 2 aromatic rings. The van der Waals surface area contributed by atoms with Crippen molar-refractivity contribution in [1.82, 2.24) is 0 Å². The van der Waals surface area contributed by atoms with E-state index in [1.807, 2.05) is 42.1 Å². The lowest BCUT2D eigenvalue weighted by Gasteiger charge is -2.18. The molecule has 0 radical (unpaired) electrons. The van der Waals surface area contributed by atoms with Crippen LogP contribution >= 0.6 is 11.8 Å². The molecule has 2 aromatic carbocycles. The van der Waals surface area contributed by atoms with Crippen LogP contribution < -0.4 is 0 Å². The number of nitriles is 2. The number of benzene rings is 2. The van der Waals surface area contributed by atoms with E-state index in [0.717, 1.165) is 21.4 Å². The van der Waals surface area contributed by atoms with Gasteiger partial charge in [0.15, 0.2) is 0 Å². The van der Waals surface area contributed by atoms with Crippen molar-refractivity contribution in [2.45, 2.75) is 76.0 Å². The Bertz CT molecular complexity index is 1060. The van der Waals surface area contributed by atoms with Gasteiger partial charge in [0.25, 0.3) is 0 Å². The molecular weight excluding hydrogens is 400 g/mol. The van der Waals surface area contributed by atoms with E-state index in [2.05, 4.69) is 13.0 Å². The first-order chi connectivity index (χ1) is 15.2. The zero-order chi connectivity index (χ0) is 22.1. The quantitative estimate of drug-likeness (QED) is 0.254. The first-order valence-corrected chi connectivity index (χ1v) is 12.5. The molecule has 0 aromatic heterocycles. The molecule has 160 valence electrons. The van der Waals surface area contributed by atoms with Gasteiger partial charge < -0.3 is 0 Å². The van der Waals surface area contributed by atoms with Crippen LogP contribution in [0.3, 0.4) is 0 Å². The summed E-state index contributed by atoms with van der Waals surface area (Å²) in [4.78, 5) is 13.9. The molecule has 1 aliphatic carbocycles. The molecule has 3 rings (SSSR count). The maximum absolute atomic E-state index is 12.7. The highest BCUT2D eigenvalue weighted by Crippen LogP contribution is 2.40. The molecule has 4 heteroatoms. The molecule has 3 nitrogen and oxygen atoms in total. The van der Waals surface area contributed by atoms with Crippen molar-refractivity contribution in [3.05, 3.63) is 47.0 Å². The number of hydrogen-bond acceptors (Lipinski definition) is 4. The third kappa shape index (κ3) is 5.38. The summed E-state index contributed by atoms with van der Waals surface area (Å²) in [6, 6.07) is 13.6. The topological polar surface area (TPSA) is 64.7 Å². The number of rotatable bonds is 12. The monoisotopic (exact) mass is 430 g/mol. The summed E-state index contributed by atoms with van der Waals surface area (Å²) >= 11 is 1.82. The highest BCUT2D eigenvalue weighted by atomic mass is 32.2. The fourth-order valence-electron chi connectivity index (χ4n) is 4.28. The van der Waals surface area contributed by atoms with E-state index in [-0.39, 0.29) is 16.9 Å². The van der Waals surface area contributed by atoms with Crippen molar-refractivity contribution < 1.29 is 4.79 Å². The van der Waals surface area contributed by atoms with Crippen LogP contribution in [0.1, 0.15) is 87.1 Å². The van der Waals surface area contributed by atoms with Gasteiger partial charge in [-0.2, -0.15) is 10.5 Å². The lowest BCUT2D eigenvalue weighted by atomic mass is 9.83. The fourth-order valence-corrected chi connectivity index (χ4v) is 5.34. The number of thioether (sulfide) groups is 1. The first kappa shape index (κ1) is 23.1. The molecule has 0 saturated heterocycles. The van der Waals surface area contributed by atoms with E-state index >= 15 is 0 Å². The predicted octanol–water partition coefficient (Wildman–Crippen LogP) is 7.85. The van der Waals surface area contributed by atoms with Crippen LogP contribution in [-0.4, -0.2) is 11.5 Å². The lowest BCUT2D eigenvalue weighted by Crippen LogP contribution is -2.11.